The second-order valence-corrected chi connectivity index (χ2v) is 9.63. The summed E-state index contributed by atoms with van der Waals surface area (Å²) in [6.45, 7) is 3.94. The highest BCUT2D eigenvalue weighted by Gasteiger charge is 2.23. The van der Waals surface area contributed by atoms with E-state index in [0.717, 1.165) is 36.9 Å². The number of rotatable bonds is 6. The fourth-order valence-corrected chi connectivity index (χ4v) is 5.28. The largest absolute Gasteiger partial charge is 0.296 e. The zero-order chi connectivity index (χ0) is 19.6. The first-order valence-corrected chi connectivity index (χ1v) is 11.1. The molecule has 2 heterocycles. The summed E-state index contributed by atoms with van der Waals surface area (Å²) in [7, 11) is -4.00. The van der Waals surface area contributed by atoms with E-state index in [1.54, 1.807) is 6.20 Å². The molecule has 0 saturated carbocycles. The van der Waals surface area contributed by atoms with Crippen molar-refractivity contribution in [2.45, 2.75) is 43.7 Å². The van der Waals surface area contributed by atoms with E-state index < -0.39 is 20.6 Å². The fourth-order valence-electron chi connectivity index (χ4n) is 2.99. The maximum absolute atomic E-state index is 12.5. The molecule has 1 atom stereocenters. The number of hydrogen-bond acceptors (Lipinski definition) is 7. The van der Waals surface area contributed by atoms with Crippen LogP contribution in [0.15, 0.2) is 29.3 Å². The molecule has 1 aliphatic heterocycles. The highest BCUT2D eigenvalue weighted by atomic mass is 35.5. The number of nitro groups is 1. The third-order valence-electron chi connectivity index (χ3n) is 4.50. The molecule has 0 spiro atoms. The van der Waals surface area contributed by atoms with Gasteiger partial charge in [0.15, 0.2) is 5.13 Å². The number of benzene rings is 1. The second-order valence-electron chi connectivity index (χ2n) is 6.42. The van der Waals surface area contributed by atoms with Crippen LogP contribution >= 0.6 is 22.9 Å². The predicted octanol–water partition coefficient (Wildman–Crippen LogP) is 3.88. The first kappa shape index (κ1) is 20.0. The maximum Gasteiger partial charge on any atom is 0.289 e. The van der Waals surface area contributed by atoms with Gasteiger partial charge in [-0.1, -0.05) is 29.4 Å². The Morgan fingerprint density at radius 1 is 1.44 bits per heavy atom. The standard InChI is InChI=1S/C16H19ClN4O4S2/c1-11-4-2-3-7-20(11)10-12-9-18-16(26-12)19-27(24,25)13-5-6-14(17)15(8-13)21(22)23/h5-6,8-9,11H,2-4,7,10H2,1H3,(H,18,19). The first-order chi connectivity index (χ1) is 12.8. The summed E-state index contributed by atoms with van der Waals surface area (Å²) in [6.07, 6.45) is 5.22. The molecule has 1 fully saturated rings. The quantitative estimate of drug-likeness (QED) is 0.550. The maximum atomic E-state index is 12.5. The number of piperidine rings is 1. The zero-order valence-corrected chi connectivity index (χ0v) is 17.0. The molecule has 8 nitrogen and oxygen atoms in total. The van der Waals surface area contributed by atoms with E-state index in [0.29, 0.717) is 6.04 Å². The summed E-state index contributed by atoms with van der Waals surface area (Å²) in [5.74, 6) is 0. The van der Waals surface area contributed by atoms with Gasteiger partial charge in [-0.05, 0) is 38.4 Å². The van der Waals surface area contributed by atoms with E-state index in [2.05, 4.69) is 21.5 Å². The van der Waals surface area contributed by atoms with Gasteiger partial charge in [0.25, 0.3) is 15.7 Å². The summed E-state index contributed by atoms with van der Waals surface area (Å²) >= 11 is 7.00. The lowest BCUT2D eigenvalue weighted by atomic mass is 10.0. The Morgan fingerprint density at radius 2 is 2.22 bits per heavy atom. The van der Waals surface area contributed by atoms with Crippen molar-refractivity contribution >= 4 is 43.8 Å². The second kappa shape index (κ2) is 8.09. The van der Waals surface area contributed by atoms with Crippen LogP contribution in [0.5, 0.6) is 0 Å². The molecule has 146 valence electrons. The summed E-state index contributed by atoms with van der Waals surface area (Å²) in [4.78, 5) is 17.5. The lowest BCUT2D eigenvalue weighted by Gasteiger charge is -2.32. The topological polar surface area (TPSA) is 105 Å². The van der Waals surface area contributed by atoms with Crippen LogP contribution in [0.25, 0.3) is 0 Å². The highest BCUT2D eigenvalue weighted by molar-refractivity contribution is 7.93. The molecule has 11 heteroatoms. The van der Waals surface area contributed by atoms with Crippen molar-refractivity contribution < 1.29 is 13.3 Å². The van der Waals surface area contributed by atoms with E-state index in [1.165, 1.54) is 29.9 Å². The van der Waals surface area contributed by atoms with Crippen molar-refractivity contribution in [3.05, 3.63) is 44.4 Å². The van der Waals surface area contributed by atoms with Crippen molar-refractivity contribution in [2.24, 2.45) is 0 Å². The van der Waals surface area contributed by atoms with Crippen LogP contribution in [0.1, 0.15) is 31.1 Å². The third kappa shape index (κ3) is 4.75. The van der Waals surface area contributed by atoms with Crippen LogP contribution in [0, 0.1) is 10.1 Å². The zero-order valence-electron chi connectivity index (χ0n) is 14.6. The number of aromatic nitrogens is 1. The number of thiazole rings is 1. The van der Waals surface area contributed by atoms with Crippen LogP contribution in [0.4, 0.5) is 10.8 Å². The minimum atomic E-state index is -4.00. The molecule has 1 aromatic heterocycles. The summed E-state index contributed by atoms with van der Waals surface area (Å²) < 4.78 is 27.4. The van der Waals surface area contributed by atoms with E-state index >= 15 is 0 Å². The molecule has 1 unspecified atom stereocenters. The molecule has 0 radical (unpaired) electrons. The predicted molar refractivity (Wildman–Crippen MR) is 105 cm³/mol. The van der Waals surface area contributed by atoms with Gasteiger partial charge < -0.3 is 0 Å². The molecule has 0 amide bonds. The fraction of sp³-hybridized carbons (Fsp3) is 0.438. The SMILES string of the molecule is CC1CCCCN1Cc1cnc(NS(=O)(=O)c2ccc(Cl)c([N+](=O)[O-])c2)s1. The van der Waals surface area contributed by atoms with Crippen molar-refractivity contribution in [1.82, 2.24) is 9.88 Å². The van der Waals surface area contributed by atoms with Gasteiger partial charge in [0.05, 0.1) is 9.82 Å². The molecule has 1 aromatic carbocycles. The summed E-state index contributed by atoms with van der Waals surface area (Å²) in [5.41, 5.74) is -0.460. The number of nitrogens with one attached hydrogen (secondary N) is 1. The molecule has 2 aromatic rings. The number of sulfonamides is 1. The number of halogens is 1. The van der Waals surface area contributed by atoms with Gasteiger partial charge in [0.2, 0.25) is 0 Å². The van der Waals surface area contributed by atoms with Gasteiger partial charge in [0.1, 0.15) is 5.02 Å². The molecule has 27 heavy (non-hydrogen) atoms. The number of nitrogens with zero attached hydrogens (tertiary/aromatic N) is 3. The van der Waals surface area contributed by atoms with Gasteiger partial charge in [0, 0.05) is 29.7 Å². The molecule has 3 rings (SSSR count). The Hall–Kier alpha value is -1.75. The highest BCUT2D eigenvalue weighted by Crippen LogP contribution is 2.29. The Bertz CT molecular complexity index is 948. The van der Waals surface area contributed by atoms with Gasteiger partial charge in [-0.2, -0.15) is 0 Å². The van der Waals surface area contributed by atoms with Crippen molar-refractivity contribution in [2.75, 3.05) is 11.3 Å². The molecule has 1 saturated heterocycles. The number of anilines is 1. The molecule has 1 aliphatic rings. The van der Waals surface area contributed by atoms with Crippen molar-refractivity contribution in [3.63, 3.8) is 0 Å². The first-order valence-electron chi connectivity index (χ1n) is 8.42. The lowest BCUT2D eigenvalue weighted by molar-refractivity contribution is -0.384. The minimum Gasteiger partial charge on any atom is -0.296 e. The molecule has 0 aliphatic carbocycles. The Morgan fingerprint density at radius 3 is 2.93 bits per heavy atom. The Kier molecular flexibility index (Phi) is 5.99. The van der Waals surface area contributed by atoms with E-state index in [-0.39, 0.29) is 15.0 Å². The van der Waals surface area contributed by atoms with Crippen LogP contribution in [0.2, 0.25) is 5.02 Å². The smallest absolute Gasteiger partial charge is 0.289 e. The third-order valence-corrected chi connectivity index (χ3v) is 7.18. The van der Waals surface area contributed by atoms with Crippen molar-refractivity contribution in [1.29, 1.82) is 0 Å². The molecule has 0 bridgehead atoms. The monoisotopic (exact) mass is 430 g/mol. The minimum absolute atomic E-state index is 0.119. The number of hydrogen-bond donors (Lipinski definition) is 1. The van der Waals surface area contributed by atoms with Gasteiger partial charge in [-0.3, -0.25) is 19.7 Å². The number of nitro benzene ring substituents is 1. The summed E-state index contributed by atoms with van der Waals surface area (Å²) in [6, 6.07) is 3.85. The van der Waals surface area contributed by atoms with Crippen LogP contribution < -0.4 is 4.72 Å². The normalized spacial score (nSPS) is 18.4. The van der Waals surface area contributed by atoms with Crippen LogP contribution in [-0.2, 0) is 16.6 Å². The Labute approximate surface area is 166 Å². The van der Waals surface area contributed by atoms with Crippen LogP contribution in [-0.4, -0.2) is 35.8 Å². The van der Waals surface area contributed by atoms with E-state index in [1.807, 2.05) is 0 Å². The lowest BCUT2D eigenvalue weighted by Crippen LogP contribution is -2.36. The molecular weight excluding hydrogens is 412 g/mol. The summed E-state index contributed by atoms with van der Waals surface area (Å²) in [5, 5.41) is 11.1. The van der Waals surface area contributed by atoms with Gasteiger partial charge in [-0.15, -0.1) is 0 Å². The number of likely N-dealkylation sites (tertiary alicyclic amines) is 1. The van der Waals surface area contributed by atoms with Crippen LogP contribution in [0.3, 0.4) is 0 Å². The van der Waals surface area contributed by atoms with Gasteiger partial charge in [-0.25, -0.2) is 13.4 Å². The molecule has 1 N–H and O–H groups in total. The average molecular weight is 431 g/mol. The van der Waals surface area contributed by atoms with E-state index in [4.69, 9.17) is 11.6 Å². The average Bonchev–Trinajstić information content (AvgIpc) is 3.03. The Balaban J connectivity index is 1.74. The van der Waals surface area contributed by atoms with Crippen molar-refractivity contribution in [3.8, 4) is 0 Å². The van der Waals surface area contributed by atoms with Gasteiger partial charge >= 0.3 is 0 Å². The molecular formula is C16H19ClN4O4S2. The van der Waals surface area contributed by atoms with E-state index in [9.17, 15) is 18.5 Å².